The van der Waals surface area contributed by atoms with Gasteiger partial charge in [0.1, 0.15) is 23.0 Å². The van der Waals surface area contributed by atoms with Crippen LogP contribution in [-0.4, -0.2) is 93.1 Å². The predicted octanol–water partition coefficient (Wildman–Crippen LogP) is 6.06. The molecule has 12 nitrogen and oxygen atoms in total. The normalized spacial score (nSPS) is 23.3. The number of amides is 2. The lowest BCUT2D eigenvalue weighted by Gasteiger charge is -2.36. The SMILES string of the molecule is CC(C)(C)OC(=O)N1CCCCC1C(=O)C1C(=O)c2ccc(-c3ccc4c(c3)C(=O)C(C(=O)[C@@H]3CCCCN3C(=O)OC(C)(C)C)C4=O)cc2C1=O. The first-order valence-electron chi connectivity index (χ1n) is 17.9. The van der Waals surface area contributed by atoms with Crippen molar-refractivity contribution in [2.24, 2.45) is 11.8 Å². The van der Waals surface area contributed by atoms with Crippen molar-refractivity contribution in [3.8, 4) is 11.1 Å². The highest BCUT2D eigenvalue weighted by Gasteiger charge is 2.50. The summed E-state index contributed by atoms with van der Waals surface area (Å²) in [5.41, 5.74) is -0.383. The zero-order valence-electron chi connectivity index (χ0n) is 30.4. The van der Waals surface area contributed by atoms with Gasteiger partial charge in [-0.05, 0) is 103 Å². The second-order valence-corrected chi connectivity index (χ2v) is 16.0. The van der Waals surface area contributed by atoms with Gasteiger partial charge in [0.25, 0.3) is 0 Å². The van der Waals surface area contributed by atoms with Gasteiger partial charge in [0.15, 0.2) is 34.7 Å². The van der Waals surface area contributed by atoms with Gasteiger partial charge in [-0.25, -0.2) is 9.59 Å². The highest BCUT2D eigenvalue weighted by atomic mass is 16.6. The number of ether oxygens (including phenoxy) is 2. The van der Waals surface area contributed by atoms with E-state index in [4.69, 9.17) is 9.47 Å². The van der Waals surface area contributed by atoms with Crippen molar-refractivity contribution in [3.63, 3.8) is 0 Å². The minimum atomic E-state index is -1.59. The third kappa shape index (κ3) is 6.82. The molecular weight excluding hydrogens is 668 g/mol. The molecule has 2 aromatic rings. The minimum absolute atomic E-state index is 0.0518. The van der Waals surface area contributed by atoms with Crippen LogP contribution >= 0.6 is 0 Å². The molecule has 4 aliphatic rings. The molecule has 2 amide bonds. The summed E-state index contributed by atoms with van der Waals surface area (Å²) in [4.78, 5) is 111. The zero-order chi connectivity index (χ0) is 37.9. The van der Waals surface area contributed by atoms with E-state index < -0.39 is 82.0 Å². The summed E-state index contributed by atoms with van der Waals surface area (Å²) in [5.74, 6) is -7.06. The molecule has 2 aromatic carbocycles. The number of rotatable bonds is 5. The van der Waals surface area contributed by atoms with Crippen molar-refractivity contribution in [1.29, 1.82) is 0 Å². The second kappa shape index (κ2) is 13.5. The monoisotopic (exact) mass is 712 g/mol. The Morgan fingerprint density at radius 1 is 0.538 bits per heavy atom. The van der Waals surface area contributed by atoms with Crippen LogP contribution in [0.2, 0.25) is 0 Å². The van der Waals surface area contributed by atoms with E-state index in [1.54, 1.807) is 53.7 Å². The summed E-state index contributed by atoms with van der Waals surface area (Å²) in [6.45, 7) is 10.8. The molecule has 2 saturated heterocycles. The third-order valence-corrected chi connectivity index (χ3v) is 9.97. The van der Waals surface area contributed by atoms with Crippen LogP contribution in [0.25, 0.3) is 11.1 Å². The molecule has 3 unspecified atom stereocenters. The van der Waals surface area contributed by atoms with Gasteiger partial charge in [0.2, 0.25) is 0 Å². The number of fused-ring (bicyclic) bond motifs is 2. The molecule has 52 heavy (non-hydrogen) atoms. The molecule has 2 fully saturated rings. The highest BCUT2D eigenvalue weighted by Crippen LogP contribution is 2.37. The number of carbonyl (C=O) groups is 8. The number of Topliss-reactive ketones (excluding diaryl/α,β-unsaturated/α-hetero) is 6. The predicted molar refractivity (Wildman–Crippen MR) is 187 cm³/mol. The molecule has 2 heterocycles. The first-order valence-corrected chi connectivity index (χ1v) is 17.9. The van der Waals surface area contributed by atoms with E-state index in [1.807, 2.05) is 0 Å². The van der Waals surface area contributed by atoms with Crippen molar-refractivity contribution in [2.45, 2.75) is 103 Å². The molecule has 0 spiro atoms. The van der Waals surface area contributed by atoms with Crippen LogP contribution in [-0.2, 0) is 19.1 Å². The molecule has 4 atom stereocenters. The Labute approximate surface area is 302 Å². The number of ketones is 6. The molecule has 0 bridgehead atoms. The van der Waals surface area contributed by atoms with E-state index in [2.05, 4.69) is 0 Å². The van der Waals surface area contributed by atoms with Crippen molar-refractivity contribution in [3.05, 3.63) is 58.7 Å². The van der Waals surface area contributed by atoms with Crippen molar-refractivity contribution < 1.29 is 47.8 Å². The Kier molecular flexibility index (Phi) is 9.56. The van der Waals surface area contributed by atoms with Crippen molar-refractivity contribution in [2.75, 3.05) is 13.1 Å². The van der Waals surface area contributed by atoms with E-state index in [9.17, 15) is 38.4 Å². The van der Waals surface area contributed by atoms with Gasteiger partial charge < -0.3 is 9.47 Å². The van der Waals surface area contributed by atoms with Gasteiger partial charge in [-0.15, -0.1) is 0 Å². The minimum Gasteiger partial charge on any atom is -0.444 e. The average Bonchev–Trinajstić information content (AvgIpc) is 3.49. The summed E-state index contributed by atoms with van der Waals surface area (Å²) in [6.07, 6.45) is 1.89. The molecule has 12 heteroatoms. The number of likely N-dealkylation sites (tertiary alicyclic amines) is 2. The Balaban J connectivity index is 1.23. The maximum atomic E-state index is 13.8. The van der Waals surface area contributed by atoms with Crippen molar-refractivity contribution >= 4 is 46.9 Å². The lowest BCUT2D eigenvalue weighted by molar-refractivity contribution is -0.127. The Hall–Kier alpha value is -5.00. The first-order chi connectivity index (χ1) is 24.4. The fraction of sp³-hybridized carbons (Fsp3) is 0.500. The third-order valence-electron chi connectivity index (χ3n) is 9.97. The molecule has 0 saturated carbocycles. The standard InChI is InChI=1S/C40H44N2O10/c1-39(2,3)51-37(49)41-17-9-7-11-27(41)35(47)29-31(43)23-15-13-21(19-25(23)33(29)45)22-14-16-24-26(20-22)34(46)30(32(24)44)36(48)28-12-8-10-18-42(28)38(50)52-40(4,5)6/h13-16,19-20,27-30H,7-12,17-18H2,1-6H3/t27-,28?,29?,30?/m0/s1. The van der Waals surface area contributed by atoms with Gasteiger partial charge in [-0.1, -0.05) is 24.3 Å². The van der Waals surface area contributed by atoms with Crippen LogP contribution < -0.4 is 0 Å². The highest BCUT2D eigenvalue weighted by molar-refractivity contribution is 6.37. The maximum absolute atomic E-state index is 13.8. The second-order valence-electron chi connectivity index (χ2n) is 16.0. The summed E-state index contributed by atoms with van der Waals surface area (Å²) in [5, 5.41) is 0. The zero-order valence-corrected chi connectivity index (χ0v) is 30.4. The summed E-state index contributed by atoms with van der Waals surface area (Å²) >= 11 is 0. The molecule has 0 N–H and O–H groups in total. The largest absolute Gasteiger partial charge is 0.444 e. The fourth-order valence-corrected chi connectivity index (χ4v) is 7.58. The smallest absolute Gasteiger partial charge is 0.410 e. The summed E-state index contributed by atoms with van der Waals surface area (Å²) in [6, 6.07) is 7.14. The van der Waals surface area contributed by atoms with Crippen molar-refractivity contribution in [1.82, 2.24) is 9.80 Å². The van der Waals surface area contributed by atoms with Gasteiger partial charge in [0, 0.05) is 35.3 Å². The molecule has 2 aliphatic heterocycles. The number of hydrogen-bond donors (Lipinski definition) is 0. The van der Waals surface area contributed by atoms with E-state index in [0.717, 1.165) is 0 Å². The Morgan fingerprint density at radius 2 is 0.885 bits per heavy atom. The lowest BCUT2D eigenvalue weighted by atomic mass is 9.88. The van der Waals surface area contributed by atoms with E-state index in [0.29, 0.717) is 49.7 Å². The van der Waals surface area contributed by atoms with E-state index in [-0.39, 0.29) is 35.3 Å². The summed E-state index contributed by atoms with van der Waals surface area (Å²) < 4.78 is 11.0. The Morgan fingerprint density at radius 3 is 1.23 bits per heavy atom. The number of hydrogen-bond acceptors (Lipinski definition) is 10. The van der Waals surface area contributed by atoms with Crippen LogP contribution in [0, 0.1) is 11.8 Å². The van der Waals surface area contributed by atoms with Gasteiger partial charge in [0.05, 0.1) is 12.1 Å². The molecule has 6 rings (SSSR count). The van der Waals surface area contributed by atoms with Gasteiger partial charge in [-0.3, -0.25) is 38.6 Å². The van der Waals surface area contributed by atoms with Crippen LogP contribution in [0.15, 0.2) is 36.4 Å². The number of carbonyl (C=O) groups excluding carboxylic acids is 8. The number of nitrogens with zero attached hydrogens (tertiary/aromatic N) is 2. The Bertz CT molecular complexity index is 1780. The average molecular weight is 713 g/mol. The first kappa shape index (κ1) is 36.8. The topological polar surface area (TPSA) is 162 Å². The van der Waals surface area contributed by atoms with E-state index >= 15 is 0 Å². The molecule has 2 aliphatic carbocycles. The lowest BCUT2D eigenvalue weighted by Crippen LogP contribution is -2.52. The van der Waals surface area contributed by atoms with Crippen LogP contribution in [0.3, 0.4) is 0 Å². The van der Waals surface area contributed by atoms with Crippen LogP contribution in [0.4, 0.5) is 9.59 Å². The number of benzene rings is 2. The molecular formula is C40H44N2O10. The maximum Gasteiger partial charge on any atom is 0.410 e. The van der Waals surface area contributed by atoms with Crippen LogP contribution in [0.5, 0.6) is 0 Å². The van der Waals surface area contributed by atoms with Crippen LogP contribution in [0.1, 0.15) is 121 Å². The van der Waals surface area contributed by atoms with Gasteiger partial charge in [-0.2, -0.15) is 0 Å². The fourth-order valence-electron chi connectivity index (χ4n) is 7.58. The molecule has 0 aromatic heterocycles. The van der Waals surface area contributed by atoms with Gasteiger partial charge >= 0.3 is 12.2 Å². The number of piperidine rings is 2. The molecule has 0 radical (unpaired) electrons. The quantitative estimate of drug-likeness (QED) is 0.333. The van der Waals surface area contributed by atoms with E-state index in [1.165, 1.54) is 34.1 Å². The molecule has 274 valence electrons. The summed E-state index contributed by atoms with van der Waals surface area (Å²) in [7, 11) is 0.